The van der Waals surface area contributed by atoms with Crippen molar-refractivity contribution >= 4 is 17.6 Å². The predicted octanol–water partition coefficient (Wildman–Crippen LogP) is 3.72. The third-order valence-corrected chi connectivity index (χ3v) is 3.54. The van der Waals surface area contributed by atoms with Crippen LogP contribution in [0.2, 0.25) is 0 Å². The van der Waals surface area contributed by atoms with Crippen LogP contribution in [0.3, 0.4) is 0 Å². The van der Waals surface area contributed by atoms with Crippen molar-refractivity contribution < 1.29 is 19.4 Å². The molecule has 4 nitrogen and oxygen atoms in total. The van der Waals surface area contributed by atoms with E-state index < -0.39 is 5.97 Å². The molecule has 1 heterocycles. The van der Waals surface area contributed by atoms with Gasteiger partial charge in [-0.25, -0.2) is 4.79 Å². The summed E-state index contributed by atoms with van der Waals surface area (Å²) in [6, 6.07) is 12.7. The van der Waals surface area contributed by atoms with E-state index in [9.17, 15) is 4.79 Å². The minimum atomic E-state index is -0.918. The maximum absolute atomic E-state index is 10.9. The summed E-state index contributed by atoms with van der Waals surface area (Å²) in [5.74, 6) is 0.616. The van der Waals surface area contributed by atoms with E-state index in [0.29, 0.717) is 13.2 Å². The molecule has 0 saturated heterocycles. The van der Waals surface area contributed by atoms with E-state index in [1.807, 2.05) is 31.2 Å². The molecule has 112 valence electrons. The van der Waals surface area contributed by atoms with Gasteiger partial charge in [0.25, 0.3) is 0 Å². The number of ether oxygens (including phenoxy) is 2. The second-order valence-corrected chi connectivity index (χ2v) is 5.11. The summed E-state index contributed by atoms with van der Waals surface area (Å²) in [5, 5.41) is 8.91. The summed E-state index contributed by atoms with van der Waals surface area (Å²) < 4.78 is 11.1. The van der Waals surface area contributed by atoms with Gasteiger partial charge in [0.15, 0.2) is 11.5 Å². The molecule has 4 heteroatoms. The zero-order valence-corrected chi connectivity index (χ0v) is 12.2. The van der Waals surface area contributed by atoms with Gasteiger partial charge < -0.3 is 14.6 Å². The second-order valence-electron chi connectivity index (χ2n) is 5.11. The minimum Gasteiger partial charge on any atom is -0.486 e. The third kappa shape index (κ3) is 2.96. The monoisotopic (exact) mass is 296 g/mol. The Hall–Kier alpha value is -2.75. The van der Waals surface area contributed by atoms with Crippen molar-refractivity contribution in [3.8, 4) is 11.5 Å². The molecule has 0 atom stereocenters. The van der Waals surface area contributed by atoms with Crippen molar-refractivity contribution in [1.29, 1.82) is 0 Å². The largest absolute Gasteiger partial charge is 0.486 e. The van der Waals surface area contributed by atoms with Gasteiger partial charge in [-0.05, 0) is 47.9 Å². The van der Waals surface area contributed by atoms with Crippen LogP contribution in [0.15, 0.2) is 42.5 Å². The summed E-state index contributed by atoms with van der Waals surface area (Å²) in [6.07, 6.45) is 2.01. The van der Waals surface area contributed by atoms with Crippen LogP contribution in [0.5, 0.6) is 11.5 Å². The Morgan fingerprint density at radius 3 is 2.32 bits per heavy atom. The van der Waals surface area contributed by atoms with E-state index in [2.05, 4.69) is 0 Å². The smallest absolute Gasteiger partial charge is 0.335 e. The second kappa shape index (κ2) is 5.93. The van der Waals surface area contributed by atoms with E-state index in [1.54, 1.807) is 24.3 Å². The fourth-order valence-corrected chi connectivity index (χ4v) is 2.34. The molecule has 0 aliphatic carbocycles. The molecule has 1 aliphatic heterocycles. The SMILES string of the molecule is CC(=Cc1ccc(C(=O)O)cc1)c1ccc2c(c1)OCCO2. The van der Waals surface area contributed by atoms with Crippen LogP contribution in [-0.4, -0.2) is 24.3 Å². The number of allylic oxidation sites excluding steroid dienone is 1. The number of benzene rings is 2. The van der Waals surface area contributed by atoms with Gasteiger partial charge in [0.1, 0.15) is 13.2 Å². The highest BCUT2D eigenvalue weighted by atomic mass is 16.6. The van der Waals surface area contributed by atoms with Crippen molar-refractivity contribution in [2.45, 2.75) is 6.92 Å². The van der Waals surface area contributed by atoms with Crippen LogP contribution >= 0.6 is 0 Å². The standard InChI is InChI=1S/C18H16O4/c1-12(10-13-2-4-14(5-3-13)18(19)20)15-6-7-16-17(11-15)22-9-8-21-16/h2-7,10-11H,8-9H2,1H3,(H,19,20). The summed E-state index contributed by atoms with van der Waals surface area (Å²) in [4.78, 5) is 10.9. The van der Waals surface area contributed by atoms with E-state index in [1.165, 1.54) is 0 Å². The maximum atomic E-state index is 10.9. The molecule has 0 spiro atoms. The zero-order chi connectivity index (χ0) is 15.5. The fraction of sp³-hybridized carbons (Fsp3) is 0.167. The normalized spacial score (nSPS) is 13.8. The first-order valence-corrected chi connectivity index (χ1v) is 7.05. The Labute approximate surface area is 128 Å². The average Bonchev–Trinajstić information content (AvgIpc) is 2.55. The summed E-state index contributed by atoms with van der Waals surface area (Å²) in [6.45, 7) is 3.16. The molecular weight excluding hydrogens is 280 g/mol. The van der Waals surface area contributed by atoms with Gasteiger partial charge in [0.05, 0.1) is 5.56 Å². The molecule has 0 unspecified atom stereocenters. The Kier molecular flexibility index (Phi) is 3.83. The van der Waals surface area contributed by atoms with Crippen molar-refractivity contribution in [2.24, 2.45) is 0 Å². The van der Waals surface area contributed by atoms with Gasteiger partial charge in [-0.3, -0.25) is 0 Å². The lowest BCUT2D eigenvalue weighted by molar-refractivity contribution is 0.0697. The van der Waals surface area contributed by atoms with Crippen LogP contribution in [0.4, 0.5) is 0 Å². The van der Waals surface area contributed by atoms with Gasteiger partial charge in [-0.1, -0.05) is 24.3 Å². The lowest BCUT2D eigenvalue weighted by Crippen LogP contribution is -2.15. The Balaban J connectivity index is 1.86. The van der Waals surface area contributed by atoms with Gasteiger partial charge in [-0.2, -0.15) is 0 Å². The zero-order valence-electron chi connectivity index (χ0n) is 12.2. The van der Waals surface area contributed by atoms with Gasteiger partial charge in [0, 0.05) is 0 Å². The number of carboxylic acids is 1. The molecule has 22 heavy (non-hydrogen) atoms. The third-order valence-electron chi connectivity index (χ3n) is 3.54. The quantitative estimate of drug-likeness (QED) is 0.877. The molecule has 0 fully saturated rings. The number of aromatic carboxylic acids is 1. The summed E-state index contributed by atoms with van der Waals surface area (Å²) in [7, 11) is 0. The number of carbonyl (C=O) groups is 1. The first-order chi connectivity index (χ1) is 10.6. The lowest BCUT2D eigenvalue weighted by Gasteiger charge is -2.19. The molecule has 0 amide bonds. The van der Waals surface area contributed by atoms with Crippen LogP contribution < -0.4 is 9.47 Å². The Bertz CT molecular complexity index is 729. The topological polar surface area (TPSA) is 55.8 Å². The number of carboxylic acid groups (broad SMARTS) is 1. The van der Waals surface area contributed by atoms with Crippen molar-refractivity contribution in [1.82, 2.24) is 0 Å². The number of hydrogen-bond acceptors (Lipinski definition) is 3. The Morgan fingerprint density at radius 1 is 1.00 bits per heavy atom. The Morgan fingerprint density at radius 2 is 1.64 bits per heavy atom. The number of fused-ring (bicyclic) bond motifs is 1. The lowest BCUT2D eigenvalue weighted by atomic mass is 10.0. The van der Waals surface area contributed by atoms with Crippen LogP contribution in [0, 0.1) is 0 Å². The molecule has 3 rings (SSSR count). The summed E-state index contributed by atoms with van der Waals surface area (Å²) >= 11 is 0. The average molecular weight is 296 g/mol. The molecule has 1 aliphatic rings. The highest BCUT2D eigenvalue weighted by molar-refractivity contribution is 5.88. The van der Waals surface area contributed by atoms with Gasteiger partial charge in [-0.15, -0.1) is 0 Å². The maximum Gasteiger partial charge on any atom is 0.335 e. The van der Waals surface area contributed by atoms with E-state index in [0.717, 1.165) is 28.2 Å². The first-order valence-electron chi connectivity index (χ1n) is 7.05. The van der Waals surface area contributed by atoms with Crippen LogP contribution in [-0.2, 0) is 0 Å². The van der Waals surface area contributed by atoms with Gasteiger partial charge in [0.2, 0.25) is 0 Å². The molecule has 2 aromatic carbocycles. The van der Waals surface area contributed by atoms with E-state index in [4.69, 9.17) is 14.6 Å². The molecule has 2 aromatic rings. The number of hydrogen-bond donors (Lipinski definition) is 1. The van der Waals surface area contributed by atoms with Crippen molar-refractivity contribution in [3.63, 3.8) is 0 Å². The van der Waals surface area contributed by atoms with E-state index in [-0.39, 0.29) is 5.56 Å². The summed E-state index contributed by atoms with van der Waals surface area (Å²) in [5.41, 5.74) is 3.36. The van der Waals surface area contributed by atoms with Crippen LogP contribution in [0.1, 0.15) is 28.4 Å². The number of rotatable bonds is 3. The molecule has 1 N–H and O–H groups in total. The molecule has 0 saturated carbocycles. The minimum absolute atomic E-state index is 0.286. The molecular formula is C18H16O4. The molecule has 0 radical (unpaired) electrons. The fourth-order valence-electron chi connectivity index (χ4n) is 2.34. The highest BCUT2D eigenvalue weighted by Gasteiger charge is 2.12. The predicted molar refractivity (Wildman–Crippen MR) is 84.4 cm³/mol. The van der Waals surface area contributed by atoms with Crippen molar-refractivity contribution in [2.75, 3.05) is 13.2 Å². The first kappa shape index (κ1) is 14.2. The molecule has 0 bridgehead atoms. The highest BCUT2D eigenvalue weighted by Crippen LogP contribution is 2.33. The van der Waals surface area contributed by atoms with E-state index >= 15 is 0 Å². The van der Waals surface area contributed by atoms with Gasteiger partial charge >= 0.3 is 5.97 Å². The van der Waals surface area contributed by atoms with Crippen molar-refractivity contribution in [3.05, 3.63) is 59.2 Å². The van der Waals surface area contributed by atoms with Crippen LogP contribution in [0.25, 0.3) is 11.6 Å². The molecule has 0 aromatic heterocycles.